The summed E-state index contributed by atoms with van der Waals surface area (Å²) in [6.45, 7) is 3.54. The number of nitrogens with two attached hydrogens (primary N) is 1. The van der Waals surface area contributed by atoms with Crippen molar-refractivity contribution >= 4 is 5.78 Å². The number of aryl methyl sites for hydroxylation is 1. The van der Waals surface area contributed by atoms with Crippen LogP contribution in [0, 0.1) is 0 Å². The van der Waals surface area contributed by atoms with Gasteiger partial charge in [-0.25, -0.2) is 0 Å². The molecule has 1 aromatic carbocycles. The highest BCUT2D eigenvalue weighted by Crippen LogP contribution is 2.23. The normalized spacial score (nSPS) is 12.5. The molecule has 0 aliphatic carbocycles. The number of carbonyl (C=O) groups excluding carboxylic acids is 1. The largest absolute Gasteiger partial charge is 0.507 e. The summed E-state index contributed by atoms with van der Waals surface area (Å²) in [5, 5.41) is 9.73. The van der Waals surface area contributed by atoms with Gasteiger partial charge in [-0.3, -0.25) is 4.79 Å². The summed E-state index contributed by atoms with van der Waals surface area (Å²) in [5.74, 6) is -0.157. The minimum Gasteiger partial charge on any atom is -0.507 e. The Hall–Kier alpha value is -1.35. The third-order valence-corrected chi connectivity index (χ3v) is 2.18. The number of carbonyl (C=O) groups is 1. The number of Topliss-reactive ketones (excluding diaryl/α,β-unsaturated/α-hetero) is 1. The molecule has 3 heteroatoms. The van der Waals surface area contributed by atoms with Crippen LogP contribution in [0.15, 0.2) is 18.2 Å². The fourth-order valence-electron chi connectivity index (χ4n) is 1.32. The predicted octanol–water partition coefficient (Wildman–Crippen LogP) is 1.48. The average molecular weight is 193 g/mol. The lowest BCUT2D eigenvalue weighted by Crippen LogP contribution is -2.26. The third-order valence-electron chi connectivity index (χ3n) is 2.18. The van der Waals surface area contributed by atoms with E-state index in [1.165, 1.54) is 0 Å². The van der Waals surface area contributed by atoms with E-state index in [9.17, 15) is 9.90 Å². The molecule has 76 valence electrons. The number of phenolic OH excluding ortho intramolecular Hbond substituents is 1. The fraction of sp³-hybridized carbons (Fsp3) is 0.364. The van der Waals surface area contributed by atoms with Crippen LogP contribution in [0.3, 0.4) is 0 Å². The van der Waals surface area contributed by atoms with Crippen LogP contribution in [0.25, 0.3) is 0 Å². The van der Waals surface area contributed by atoms with E-state index in [2.05, 4.69) is 0 Å². The molecule has 0 fully saturated rings. The lowest BCUT2D eigenvalue weighted by molar-refractivity contribution is 0.0965. The van der Waals surface area contributed by atoms with Crippen LogP contribution in [0.5, 0.6) is 5.75 Å². The van der Waals surface area contributed by atoms with E-state index in [1.54, 1.807) is 25.1 Å². The molecule has 0 aliphatic heterocycles. The molecule has 0 heterocycles. The Morgan fingerprint density at radius 2 is 2.21 bits per heavy atom. The van der Waals surface area contributed by atoms with Crippen molar-refractivity contribution < 1.29 is 9.90 Å². The molecule has 0 saturated heterocycles. The van der Waals surface area contributed by atoms with E-state index in [0.717, 1.165) is 5.56 Å². The minimum absolute atomic E-state index is 0.0669. The smallest absolute Gasteiger partial charge is 0.182 e. The topological polar surface area (TPSA) is 63.3 Å². The Morgan fingerprint density at radius 3 is 2.71 bits per heavy atom. The Balaban J connectivity index is 3.16. The highest BCUT2D eigenvalue weighted by Gasteiger charge is 2.16. The molecule has 1 aromatic rings. The van der Waals surface area contributed by atoms with Crippen LogP contribution < -0.4 is 5.73 Å². The first-order valence-corrected chi connectivity index (χ1v) is 4.68. The predicted molar refractivity (Wildman–Crippen MR) is 55.5 cm³/mol. The molecule has 3 nitrogen and oxygen atoms in total. The van der Waals surface area contributed by atoms with Crippen molar-refractivity contribution in [2.24, 2.45) is 5.73 Å². The molecule has 0 amide bonds. The van der Waals surface area contributed by atoms with Crippen molar-refractivity contribution in [3.05, 3.63) is 29.3 Å². The van der Waals surface area contributed by atoms with Crippen molar-refractivity contribution in [2.75, 3.05) is 0 Å². The van der Waals surface area contributed by atoms with Gasteiger partial charge in [0.25, 0.3) is 0 Å². The van der Waals surface area contributed by atoms with Gasteiger partial charge in [-0.15, -0.1) is 0 Å². The zero-order valence-electron chi connectivity index (χ0n) is 8.45. The number of rotatable bonds is 3. The van der Waals surface area contributed by atoms with E-state index >= 15 is 0 Å². The lowest BCUT2D eigenvalue weighted by Gasteiger charge is -2.09. The van der Waals surface area contributed by atoms with Crippen LogP contribution in [0.2, 0.25) is 0 Å². The van der Waals surface area contributed by atoms with E-state index < -0.39 is 6.04 Å². The number of ketones is 1. The molecule has 0 spiro atoms. The molecular formula is C11H15NO2. The molecule has 0 radical (unpaired) electrons. The molecular weight excluding hydrogens is 178 g/mol. The lowest BCUT2D eigenvalue weighted by atomic mass is 10.0. The van der Waals surface area contributed by atoms with Crippen LogP contribution in [-0.4, -0.2) is 16.9 Å². The summed E-state index contributed by atoms with van der Waals surface area (Å²) in [6.07, 6.45) is 0.700. The Bertz CT molecular complexity index is 345. The highest BCUT2D eigenvalue weighted by molar-refractivity contribution is 6.02. The van der Waals surface area contributed by atoms with Gasteiger partial charge in [0.2, 0.25) is 0 Å². The fourth-order valence-corrected chi connectivity index (χ4v) is 1.32. The maximum atomic E-state index is 11.5. The monoisotopic (exact) mass is 193 g/mol. The van der Waals surface area contributed by atoms with Gasteiger partial charge in [0.1, 0.15) is 5.75 Å². The standard InChI is InChI=1S/C11H15NO2/c1-3-8-5-4-6-9(11(8)14)10(13)7(2)12/h4-7,14H,3,12H2,1-2H3. The second-order valence-electron chi connectivity index (χ2n) is 3.32. The quantitative estimate of drug-likeness (QED) is 0.715. The van der Waals surface area contributed by atoms with Gasteiger partial charge in [0, 0.05) is 0 Å². The summed E-state index contributed by atoms with van der Waals surface area (Å²) in [5.41, 5.74) is 6.56. The number of para-hydroxylation sites is 1. The van der Waals surface area contributed by atoms with Crippen LogP contribution in [-0.2, 0) is 6.42 Å². The number of hydrogen-bond acceptors (Lipinski definition) is 3. The molecule has 14 heavy (non-hydrogen) atoms. The zero-order chi connectivity index (χ0) is 10.7. The molecule has 0 aliphatic rings. The van der Waals surface area contributed by atoms with Crippen molar-refractivity contribution in [3.8, 4) is 5.75 Å². The first-order valence-electron chi connectivity index (χ1n) is 4.68. The summed E-state index contributed by atoms with van der Waals surface area (Å²) in [4.78, 5) is 11.5. The van der Waals surface area contributed by atoms with Gasteiger partial charge < -0.3 is 10.8 Å². The van der Waals surface area contributed by atoms with Gasteiger partial charge in [-0.05, 0) is 25.0 Å². The Labute approximate surface area is 83.6 Å². The first-order chi connectivity index (χ1) is 6.57. The van der Waals surface area contributed by atoms with Crippen molar-refractivity contribution in [1.29, 1.82) is 0 Å². The summed E-state index contributed by atoms with van der Waals surface area (Å²) in [7, 11) is 0. The number of phenols is 1. The Kier molecular flexibility index (Phi) is 3.25. The van der Waals surface area contributed by atoms with Crippen molar-refractivity contribution in [2.45, 2.75) is 26.3 Å². The van der Waals surface area contributed by atoms with Gasteiger partial charge in [-0.2, -0.15) is 0 Å². The molecule has 1 atom stereocenters. The molecule has 1 rings (SSSR count). The van der Waals surface area contributed by atoms with Crippen molar-refractivity contribution in [3.63, 3.8) is 0 Å². The molecule has 0 bridgehead atoms. The maximum absolute atomic E-state index is 11.5. The van der Waals surface area contributed by atoms with Crippen molar-refractivity contribution in [1.82, 2.24) is 0 Å². The second-order valence-corrected chi connectivity index (χ2v) is 3.32. The van der Waals surface area contributed by atoms with E-state index in [0.29, 0.717) is 12.0 Å². The van der Waals surface area contributed by atoms with Crippen LogP contribution in [0.1, 0.15) is 29.8 Å². The van der Waals surface area contributed by atoms with Gasteiger partial charge in [0.15, 0.2) is 5.78 Å². The third kappa shape index (κ3) is 1.93. The van der Waals surface area contributed by atoms with E-state index in [4.69, 9.17) is 5.73 Å². The minimum atomic E-state index is -0.576. The van der Waals surface area contributed by atoms with E-state index in [-0.39, 0.29) is 11.5 Å². The molecule has 1 unspecified atom stereocenters. The van der Waals surface area contributed by atoms with Crippen LogP contribution in [0.4, 0.5) is 0 Å². The highest BCUT2D eigenvalue weighted by atomic mass is 16.3. The first kappa shape index (κ1) is 10.7. The van der Waals surface area contributed by atoms with Gasteiger partial charge in [-0.1, -0.05) is 19.1 Å². The van der Waals surface area contributed by atoms with E-state index in [1.807, 2.05) is 6.92 Å². The molecule has 3 N–H and O–H groups in total. The maximum Gasteiger partial charge on any atom is 0.182 e. The molecule has 0 aromatic heterocycles. The number of benzene rings is 1. The Morgan fingerprint density at radius 1 is 1.57 bits per heavy atom. The summed E-state index contributed by atoms with van der Waals surface area (Å²) >= 11 is 0. The zero-order valence-corrected chi connectivity index (χ0v) is 8.45. The number of aromatic hydroxyl groups is 1. The summed E-state index contributed by atoms with van der Waals surface area (Å²) < 4.78 is 0. The second kappa shape index (κ2) is 4.24. The molecule has 0 saturated carbocycles. The van der Waals surface area contributed by atoms with Gasteiger partial charge >= 0.3 is 0 Å². The number of hydrogen-bond donors (Lipinski definition) is 2. The SMILES string of the molecule is CCc1cccc(C(=O)C(C)N)c1O. The van der Waals surface area contributed by atoms with Crippen LogP contribution >= 0.6 is 0 Å². The summed E-state index contributed by atoms with van der Waals surface area (Å²) in [6, 6.07) is 4.58. The van der Waals surface area contributed by atoms with Gasteiger partial charge in [0.05, 0.1) is 11.6 Å². The average Bonchev–Trinajstić information content (AvgIpc) is 2.17.